The molecule has 6 rings (SSSR count). The van der Waals surface area contributed by atoms with Crippen LogP contribution in [-0.4, -0.2) is 102 Å². The maximum Gasteiger partial charge on any atom is 0.410 e. The number of aromatic nitrogens is 5. The third-order valence-electron chi connectivity index (χ3n) is 8.39. The number of likely N-dealkylation sites (tertiary alicyclic amines) is 2. The molecule has 13 nitrogen and oxygen atoms in total. The molecule has 1 saturated carbocycles. The average Bonchev–Trinajstić information content (AvgIpc) is 3.69. The topological polar surface area (TPSA) is 139 Å². The smallest absolute Gasteiger partial charge is 0.410 e. The molecule has 43 heavy (non-hydrogen) atoms. The SMILES string of the molecule is CN(C)C(=O)c1cc2cnc(Nc3ncc(C(=O)N4CC5CC4CN5C(=O)OC(C)(C)C)cn3)nc2n1C1CCCCC1. The second kappa shape index (κ2) is 11.1. The second-order valence-corrected chi connectivity index (χ2v) is 12.9. The molecule has 3 amide bonds. The number of piperazine rings is 1. The summed E-state index contributed by atoms with van der Waals surface area (Å²) < 4.78 is 7.60. The van der Waals surface area contributed by atoms with E-state index < -0.39 is 5.60 Å². The first-order chi connectivity index (χ1) is 20.5. The summed E-state index contributed by atoms with van der Waals surface area (Å²) in [6.07, 6.45) is 10.5. The fourth-order valence-corrected chi connectivity index (χ4v) is 6.40. The van der Waals surface area contributed by atoms with E-state index in [0.29, 0.717) is 35.9 Å². The molecule has 1 aliphatic carbocycles. The standard InChI is InChI=1S/C30H39N9O4/c1-30(2,3)43-29(42)38-17-21-12-22(38)16-37(21)25(40)19-14-31-27(32-15-19)35-28-33-13-18-11-23(26(41)36(4)5)39(24(18)34-28)20-9-7-6-8-10-20/h11,13-15,20-22H,6-10,12,16-17H2,1-5H3,(H,31,32,33,34,35). The summed E-state index contributed by atoms with van der Waals surface area (Å²) in [4.78, 5) is 61.9. The van der Waals surface area contributed by atoms with E-state index >= 15 is 0 Å². The minimum Gasteiger partial charge on any atom is -0.444 e. The number of fused-ring (bicyclic) bond motifs is 3. The molecule has 3 aromatic rings. The number of nitrogens with zero attached hydrogens (tertiary/aromatic N) is 8. The van der Waals surface area contributed by atoms with E-state index in [1.54, 1.807) is 35.0 Å². The van der Waals surface area contributed by atoms with Gasteiger partial charge >= 0.3 is 6.09 Å². The fraction of sp³-hybridized carbons (Fsp3) is 0.567. The zero-order valence-electron chi connectivity index (χ0n) is 25.4. The van der Waals surface area contributed by atoms with E-state index in [4.69, 9.17) is 9.72 Å². The lowest BCUT2D eigenvalue weighted by molar-refractivity contribution is 0.0126. The van der Waals surface area contributed by atoms with Crippen molar-refractivity contribution in [3.05, 3.63) is 35.9 Å². The molecule has 2 bridgehead atoms. The Labute approximate surface area is 250 Å². The molecule has 2 aliphatic heterocycles. The van der Waals surface area contributed by atoms with Gasteiger partial charge in [0.2, 0.25) is 11.9 Å². The zero-order chi connectivity index (χ0) is 30.5. The van der Waals surface area contributed by atoms with Gasteiger partial charge in [-0.3, -0.25) is 14.9 Å². The van der Waals surface area contributed by atoms with Gasteiger partial charge < -0.3 is 24.0 Å². The maximum atomic E-state index is 13.3. The predicted molar refractivity (Wildman–Crippen MR) is 159 cm³/mol. The molecular formula is C30H39N9O4. The van der Waals surface area contributed by atoms with E-state index in [1.807, 2.05) is 26.8 Å². The molecule has 3 aromatic heterocycles. The Kier molecular flexibility index (Phi) is 7.43. The lowest BCUT2D eigenvalue weighted by Gasteiger charge is -2.35. The van der Waals surface area contributed by atoms with Gasteiger partial charge in [0.05, 0.1) is 17.6 Å². The van der Waals surface area contributed by atoms with E-state index in [9.17, 15) is 14.4 Å². The van der Waals surface area contributed by atoms with Gasteiger partial charge in [-0.15, -0.1) is 0 Å². The molecule has 3 aliphatic rings. The van der Waals surface area contributed by atoms with Crippen molar-refractivity contribution in [3.63, 3.8) is 0 Å². The first kappa shape index (κ1) is 28.8. The number of rotatable bonds is 5. The van der Waals surface area contributed by atoms with Gasteiger partial charge in [0.1, 0.15) is 16.9 Å². The van der Waals surface area contributed by atoms with Gasteiger partial charge in [-0.2, -0.15) is 4.98 Å². The third kappa shape index (κ3) is 5.72. The van der Waals surface area contributed by atoms with Gasteiger partial charge in [0.15, 0.2) is 0 Å². The summed E-state index contributed by atoms with van der Waals surface area (Å²) in [5.74, 6) is 0.342. The summed E-state index contributed by atoms with van der Waals surface area (Å²) in [5.41, 5.74) is 1.12. The lowest BCUT2D eigenvalue weighted by Crippen LogP contribution is -2.51. The van der Waals surface area contributed by atoms with Crippen LogP contribution in [0.25, 0.3) is 11.0 Å². The summed E-state index contributed by atoms with van der Waals surface area (Å²) in [5, 5.41) is 3.85. The average molecular weight is 590 g/mol. The Morgan fingerprint density at radius 2 is 1.56 bits per heavy atom. The van der Waals surface area contributed by atoms with E-state index in [0.717, 1.165) is 37.5 Å². The molecule has 2 atom stereocenters. The predicted octanol–water partition coefficient (Wildman–Crippen LogP) is 4.01. The van der Waals surface area contributed by atoms with Crippen LogP contribution < -0.4 is 5.32 Å². The molecule has 5 heterocycles. The molecule has 0 aromatic carbocycles. The Morgan fingerprint density at radius 3 is 2.19 bits per heavy atom. The van der Waals surface area contributed by atoms with Gasteiger partial charge in [-0.1, -0.05) is 19.3 Å². The number of carbonyl (C=O) groups is 3. The molecule has 0 spiro atoms. The number of anilines is 2. The molecule has 3 fully saturated rings. The summed E-state index contributed by atoms with van der Waals surface area (Å²) in [6.45, 7) is 6.44. The summed E-state index contributed by atoms with van der Waals surface area (Å²) in [6, 6.07) is 1.95. The minimum atomic E-state index is -0.563. The molecule has 228 valence electrons. The van der Waals surface area contributed by atoms with Crippen LogP contribution in [0.2, 0.25) is 0 Å². The highest BCUT2D eigenvalue weighted by Crippen LogP contribution is 2.35. The fourth-order valence-electron chi connectivity index (χ4n) is 6.40. The van der Waals surface area contributed by atoms with Crippen molar-refractivity contribution in [2.75, 3.05) is 32.5 Å². The molecule has 0 radical (unpaired) electrons. The van der Waals surface area contributed by atoms with E-state index in [1.165, 1.54) is 18.8 Å². The molecule has 1 N–H and O–H groups in total. The monoisotopic (exact) mass is 589 g/mol. The summed E-state index contributed by atoms with van der Waals surface area (Å²) in [7, 11) is 3.51. The first-order valence-corrected chi connectivity index (χ1v) is 15.0. The minimum absolute atomic E-state index is 0.0567. The molecule has 2 saturated heterocycles. The van der Waals surface area contributed by atoms with Crippen LogP contribution in [0.3, 0.4) is 0 Å². The molecular weight excluding hydrogens is 550 g/mol. The number of ether oxygens (including phenoxy) is 1. The van der Waals surface area contributed by atoms with Crippen LogP contribution in [0.5, 0.6) is 0 Å². The quantitative estimate of drug-likeness (QED) is 0.468. The van der Waals surface area contributed by atoms with Crippen LogP contribution in [0, 0.1) is 0 Å². The third-order valence-corrected chi connectivity index (χ3v) is 8.39. The number of hydrogen-bond donors (Lipinski definition) is 1. The zero-order valence-corrected chi connectivity index (χ0v) is 25.4. The van der Waals surface area contributed by atoms with Gasteiger partial charge in [-0.05, 0) is 46.1 Å². The highest BCUT2D eigenvalue weighted by atomic mass is 16.6. The second-order valence-electron chi connectivity index (χ2n) is 12.9. The van der Waals surface area contributed by atoms with E-state index in [2.05, 4.69) is 24.8 Å². The number of hydrogen-bond acceptors (Lipinski definition) is 9. The number of nitrogens with one attached hydrogen (secondary N) is 1. The van der Waals surface area contributed by atoms with Crippen LogP contribution in [0.1, 0.15) is 86.2 Å². The van der Waals surface area contributed by atoms with Crippen molar-refractivity contribution in [1.29, 1.82) is 0 Å². The van der Waals surface area contributed by atoms with Gasteiger partial charge in [-0.25, -0.2) is 19.7 Å². The van der Waals surface area contributed by atoms with Crippen LogP contribution in [-0.2, 0) is 4.74 Å². The number of amides is 3. The Balaban J connectivity index is 1.16. The van der Waals surface area contributed by atoms with Crippen molar-refractivity contribution in [3.8, 4) is 0 Å². The maximum absolute atomic E-state index is 13.3. The van der Waals surface area contributed by atoms with Gasteiger partial charge in [0, 0.05) is 57.2 Å². The first-order valence-electron chi connectivity index (χ1n) is 15.0. The Morgan fingerprint density at radius 1 is 0.907 bits per heavy atom. The van der Waals surface area contributed by atoms with Gasteiger partial charge in [0.25, 0.3) is 11.8 Å². The van der Waals surface area contributed by atoms with Crippen molar-refractivity contribution in [2.24, 2.45) is 0 Å². The van der Waals surface area contributed by atoms with Crippen LogP contribution in [0.15, 0.2) is 24.7 Å². The highest BCUT2D eigenvalue weighted by molar-refractivity contribution is 5.98. The van der Waals surface area contributed by atoms with Crippen molar-refractivity contribution < 1.29 is 19.1 Å². The summed E-state index contributed by atoms with van der Waals surface area (Å²) >= 11 is 0. The Bertz CT molecular complexity index is 1540. The Hall–Kier alpha value is -4.29. The number of carbonyl (C=O) groups excluding carboxylic acids is 3. The van der Waals surface area contributed by atoms with Crippen molar-refractivity contribution in [2.45, 2.75) is 83.0 Å². The lowest BCUT2D eigenvalue weighted by atomic mass is 9.95. The largest absolute Gasteiger partial charge is 0.444 e. The molecule has 13 heteroatoms. The van der Waals surface area contributed by atoms with Crippen LogP contribution >= 0.6 is 0 Å². The highest BCUT2D eigenvalue weighted by Gasteiger charge is 2.48. The van der Waals surface area contributed by atoms with Crippen LogP contribution in [0.4, 0.5) is 16.7 Å². The van der Waals surface area contributed by atoms with E-state index in [-0.39, 0.29) is 42.0 Å². The van der Waals surface area contributed by atoms with Crippen molar-refractivity contribution in [1.82, 2.24) is 39.2 Å². The normalized spacial score (nSPS) is 20.5. The van der Waals surface area contributed by atoms with Crippen molar-refractivity contribution >= 4 is 40.8 Å². The molecule has 2 unspecified atom stereocenters.